The predicted octanol–water partition coefficient (Wildman–Crippen LogP) is 5.76. The Hall–Kier alpha value is -3.48. The van der Waals surface area contributed by atoms with Crippen molar-refractivity contribution < 1.29 is 19.1 Å². The highest BCUT2D eigenvalue weighted by molar-refractivity contribution is 6.40. The number of amides is 2. The van der Waals surface area contributed by atoms with E-state index in [4.69, 9.17) is 32.7 Å². The molecule has 0 heterocycles. The van der Waals surface area contributed by atoms with Crippen molar-refractivity contribution >= 4 is 40.6 Å². The number of rotatable bonds is 8. The smallest absolute Gasteiger partial charge is 0.251 e. The van der Waals surface area contributed by atoms with Gasteiger partial charge in [-0.25, -0.2) is 0 Å². The highest BCUT2D eigenvalue weighted by atomic mass is 35.5. The molecule has 0 saturated heterocycles. The van der Waals surface area contributed by atoms with Crippen molar-refractivity contribution in [1.82, 2.24) is 10.6 Å². The number of allylic oxidation sites excluding steroid dienone is 1. The Balaban J connectivity index is 1.96. The van der Waals surface area contributed by atoms with Crippen LogP contribution in [0.15, 0.2) is 60.7 Å². The van der Waals surface area contributed by atoms with E-state index in [0.717, 1.165) is 11.3 Å². The molecule has 3 aromatic carbocycles. The van der Waals surface area contributed by atoms with Crippen LogP contribution in [-0.2, 0) is 11.3 Å². The quantitative estimate of drug-likeness (QED) is 0.376. The van der Waals surface area contributed by atoms with Crippen LogP contribution in [0.4, 0.5) is 0 Å². The molecule has 0 aliphatic heterocycles. The van der Waals surface area contributed by atoms with E-state index in [1.54, 1.807) is 45.3 Å². The van der Waals surface area contributed by atoms with Crippen LogP contribution in [-0.4, -0.2) is 33.1 Å². The largest absolute Gasteiger partial charge is 0.497 e. The molecule has 2 amide bonds. The molecular formula is C27H26Cl2N2O4. The molecule has 0 atom stereocenters. The lowest BCUT2D eigenvalue weighted by molar-refractivity contribution is -0.116. The molecule has 0 spiro atoms. The second-order valence-corrected chi connectivity index (χ2v) is 8.41. The van der Waals surface area contributed by atoms with Gasteiger partial charge in [0.2, 0.25) is 5.91 Å². The number of nitrogens with one attached hydrogen (secondary N) is 2. The van der Waals surface area contributed by atoms with Gasteiger partial charge in [0.25, 0.3) is 5.91 Å². The van der Waals surface area contributed by atoms with Gasteiger partial charge in [-0.1, -0.05) is 53.5 Å². The van der Waals surface area contributed by atoms with E-state index in [-0.39, 0.29) is 27.6 Å². The summed E-state index contributed by atoms with van der Waals surface area (Å²) in [6, 6.07) is 16.3. The van der Waals surface area contributed by atoms with Crippen molar-refractivity contribution in [3.8, 4) is 22.6 Å². The van der Waals surface area contributed by atoms with Crippen molar-refractivity contribution in [2.45, 2.75) is 13.5 Å². The molecule has 3 aromatic rings. The van der Waals surface area contributed by atoms with E-state index in [2.05, 4.69) is 10.6 Å². The van der Waals surface area contributed by atoms with Gasteiger partial charge in [-0.05, 0) is 47.9 Å². The summed E-state index contributed by atoms with van der Waals surface area (Å²) in [4.78, 5) is 25.1. The van der Waals surface area contributed by atoms with Crippen molar-refractivity contribution in [3.05, 3.63) is 87.4 Å². The first kappa shape index (κ1) is 26.1. The number of carbonyl (C=O) groups excluding carboxylic acids is 2. The number of hydrogen-bond acceptors (Lipinski definition) is 4. The minimum atomic E-state index is -0.282. The molecule has 8 heteroatoms. The lowest BCUT2D eigenvalue weighted by Crippen LogP contribution is -2.20. The number of methoxy groups -OCH3 is 2. The van der Waals surface area contributed by atoms with Crippen molar-refractivity contribution in [2.24, 2.45) is 0 Å². The third-order valence-electron chi connectivity index (χ3n) is 5.45. The summed E-state index contributed by atoms with van der Waals surface area (Å²) >= 11 is 13.3. The number of benzene rings is 3. The summed E-state index contributed by atoms with van der Waals surface area (Å²) in [7, 11) is 4.63. The number of halogens is 2. The molecule has 0 aromatic heterocycles. The summed E-state index contributed by atoms with van der Waals surface area (Å²) in [6.07, 6.45) is 1.46. The van der Waals surface area contributed by atoms with Gasteiger partial charge in [-0.15, -0.1) is 0 Å². The maximum absolute atomic E-state index is 12.6. The average molecular weight is 513 g/mol. The Kier molecular flexibility index (Phi) is 8.79. The third-order valence-corrected chi connectivity index (χ3v) is 6.20. The fraction of sp³-hybridized carbons (Fsp3) is 0.185. The first-order valence-corrected chi connectivity index (χ1v) is 11.5. The van der Waals surface area contributed by atoms with E-state index in [0.29, 0.717) is 34.4 Å². The monoisotopic (exact) mass is 512 g/mol. The zero-order valence-electron chi connectivity index (χ0n) is 19.9. The minimum absolute atomic E-state index is 0.252. The summed E-state index contributed by atoms with van der Waals surface area (Å²) in [6.45, 7) is 2.13. The molecule has 35 heavy (non-hydrogen) atoms. The molecule has 0 fully saturated rings. The second-order valence-electron chi connectivity index (χ2n) is 7.65. The van der Waals surface area contributed by atoms with Crippen LogP contribution in [0, 0.1) is 0 Å². The van der Waals surface area contributed by atoms with Crippen molar-refractivity contribution in [1.29, 1.82) is 0 Å². The normalized spacial score (nSPS) is 11.1. The zero-order valence-corrected chi connectivity index (χ0v) is 21.4. The Morgan fingerprint density at radius 2 is 1.60 bits per heavy atom. The van der Waals surface area contributed by atoms with E-state index in [1.807, 2.05) is 30.3 Å². The van der Waals surface area contributed by atoms with Gasteiger partial charge < -0.3 is 20.1 Å². The van der Waals surface area contributed by atoms with Crippen LogP contribution < -0.4 is 20.1 Å². The second kappa shape index (κ2) is 11.8. The molecule has 6 nitrogen and oxygen atoms in total. The molecule has 2 N–H and O–H groups in total. The maximum Gasteiger partial charge on any atom is 0.251 e. The lowest BCUT2D eigenvalue weighted by Gasteiger charge is -2.17. The van der Waals surface area contributed by atoms with Crippen LogP contribution >= 0.6 is 23.2 Å². The highest BCUT2D eigenvalue weighted by Crippen LogP contribution is 2.45. The van der Waals surface area contributed by atoms with Gasteiger partial charge in [0.15, 0.2) is 5.75 Å². The van der Waals surface area contributed by atoms with E-state index in [9.17, 15) is 9.59 Å². The molecule has 0 aliphatic rings. The van der Waals surface area contributed by atoms with Crippen LogP contribution in [0.25, 0.3) is 16.7 Å². The van der Waals surface area contributed by atoms with Gasteiger partial charge >= 0.3 is 0 Å². The average Bonchev–Trinajstić information content (AvgIpc) is 2.87. The number of ether oxygens (including phenoxy) is 2. The minimum Gasteiger partial charge on any atom is -0.497 e. The van der Waals surface area contributed by atoms with Crippen molar-refractivity contribution in [2.75, 3.05) is 21.3 Å². The Morgan fingerprint density at radius 3 is 2.23 bits per heavy atom. The summed E-state index contributed by atoms with van der Waals surface area (Å²) < 4.78 is 10.6. The highest BCUT2D eigenvalue weighted by Gasteiger charge is 2.21. The fourth-order valence-corrected chi connectivity index (χ4v) is 4.33. The number of hydrogen-bond donors (Lipinski definition) is 2. The predicted molar refractivity (Wildman–Crippen MR) is 140 cm³/mol. The maximum atomic E-state index is 12.6. The Labute approximate surface area is 214 Å². The summed E-state index contributed by atoms with van der Waals surface area (Å²) in [5.41, 5.74) is 3.74. The summed E-state index contributed by atoms with van der Waals surface area (Å²) in [5, 5.41) is 6.05. The van der Waals surface area contributed by atoms with Crippen molar-refractivity contribution in [3.63, 3.8) is 0 Å². The zero-order chi connectivity index (χ0) is 25.5. The van der Waals surface area contributed by atoms with Gasteiger partial charge in [-0.3, -0.25) is 9.59 Å². The van der Waals surface area contributed by atoms with E-state index in [1.165, 1.54) is 13.2 Å². The number of carbonyl (C=O) groups is 2. The fourth-order valence-electron chi connectivity index (χ4n) is 3.58. The van der Waals surface area contributed by atoms with Gasteiger partial charge in [0.1, 0.15) is 5.75 Å². The first-order valence-electron chi connectivity index (χ1n) is 10.8. The van der Waals surface area contributed by atoms with Crippen LogP contribution in [0.5, 0.6) is 11.5 Å². The molecule has 0 aliphatic carbocycles. The third kappa shape index (κ3) is 5.96. The van der Waals surface area contributed by atoms with E-state index >= 15 is 0 Å². The lowest BCUT2D eigenvalue weighted by atomic mass is 9.95. The molecular weight excluding hydrogens is 487 g/mol. The molecule has 0 saturated carbocycles. The molecule has 0 unspecified atom stereocenters. The van der Waals surface area contributed by atoms with Crippen LogP contribution in [0.3, 0.4) is 0 Å². The molecule has 0 bridgehead atoms. The standard InChI is InChI=1S/C27H26Cl2N2O4/c1-16(13-23(32)31-15-17-9-11-18(34-3)12-10-17)21-14-22(25(29)26(35-4)24(21)28)19-7-5-6-8-20(19)27(33)30-2/h5-14H,15H2,1-4H3,(H,30,33)(H,31,32)/b16-13-. The Morgan fingerprint density at radius 1 is 0.914 bits per heavy atom. The van der Waals surface area contributed by atoms with Gasteiger partial charge in [-0.2, -0.15) is 0 Å². The molecule has 182 valence electrons. The van der Waals surface area contributed by atoms with Gasteiger partial charge in [0.05, 0.1) is 24.3 Å². The van der Waals surface area contributed by atoms with Crippen LogP contribution in [0.2, 0.25) is 10.0 Å². The van der Waals surface area contributed by atoms with E-state index < -0.39 is 0 Å². The topological polar surface area (TPSA) is 76.7 Å². The SMILES string of the molecule is CNC(=O)c1ccccc1-c1cc(/C(C)=C\C(=O)NCc2ccc(OC)cc2)c(Cl)c(OC)c1Cl. The van der Waals surface area contributed by atoms with Crippen LogP contribution in [0.1, 0.15) is 28.4 Å². The molecule has 3 rings (SSSR count). The first-order chi connectivity index (χ1) is 16.8. The molecule has 0 radical (unpaired) electrons. The summed E-state index contributed by atoms with van der Waals surface area (Å²) in [5.74, 6) is 0.475. The van der Waals surface area contributed by atoms with Gasteiger partial charge in [0, 0.05) is 36.4 Å². The Bertz CT molecular complexity index is 1270.